The summed E-state index contributed by atoms with van der Waals surface area (Å²) in [7, 11) is 0.192. The second-order valence-corrected chi connectivity index (χ2v) is 7.27. The predicted molar refractivity (Wildman–Crippen MR) is 77.0 cm³/mol. The lowest BCUT2D eigenvalue weighted by atomic mass is 9.94. The highest BCUT2D eigenvalue weighted by Crippen LogP contribution is 2.23. The number of aryl methyl sites for hydroxylation is 1. The monoisotopic (exact) mass is 301 g/mol. The van der Waals surface area contributed by atoms with Crippen molar-refractivity contribution in [3.8, 4) is 0 Å². The van der Waals surface area contributed by atoms with E-state index in [1.807, 2.05) is 25.6 Å². The lowest BCUT2D eigenvalue weighted by Gasteiger charge is -2.33. The van der Waals surface area contributed by atoms with Crippen molar-refractivity contribution in [2.24, 2.45) is 7.05 Å². The number of rotatable bonds is 5. The topological polar surface area (TPSA) is 72.4 Å². The molecule has 114 valence electrons. The van der Waals surface area contributed by atoms with Crippen LogP contribution in [0.4, 0.5) is 0 Å². The van der Waals surface area contributed by atoms with Crippen LogP contribution in [0.15, 0.2) is 17.2 Å². The molecular weight excluding hydrogens is 278 g/mol. The van der Waals surface area contributed by atoms with Crippen molar-refractivity contribution < 1.29 is 13.2 Å². The van der Waals surface area contributed by atoms with Gasteiger partial charge in [0.1, 0.15) is 0 Å². The molecule has 1 aromatic rings. The molecule has 1 fully saturated rings. The fourth-order valence-electron chi connectivity index (χ4n) is 2.39. The Labute approximate surface area is 120 Å². The molecule has 0 unspecified atom stereocenters. The number of hydrogen-bond donors (Lipinski definition) is 2. The highest BCUT2D eigenvalue weighted by Gasteiger charge is 2.33. The molecule has 0 aromatic carbocycles. The van der Waals surface area contributed by atoms with Crippen LogP contribution < -0.4 is 10.0 Å². The highest BCUT2D eigenvalue weighted by molar-refractivity contribution is 7.89. The quantitative estimate of drug-likeness (QED) is 0.835. The first-order valence-corrected chi connectivity index (χ1v) is 8.26. The van der Waals surface area contributed by atoms with E-state index in [1.165, 1.54) is 0 Å². The Morgan fingerprint density at radius 3 is 2.65 bits per heavy atom. The summed E-state index contributed by atoms with van der Waals surface area (Å²) in [5.74, 6) is 0. The number of nitrogens with zero attached hydrogens (tertiary/aromatic N) is 1. The molecule has 1 aromatic heterocycles. The number of aromatic nitrogens is 1. The van der Waals surface area contributed by atoms with Gasteiger partial charge in [0.05, 0.1) is 4.90 Å². The summed E-state index contributed by atoms with van der Waals surface area (Å²) >= 11 is 0. The molecule has 0 saturated carbocycles. The molecule has 1 aliphatic heterocycles. The van der Waals surface area contributed by atoms with E-state index >= 15 is 0 Å². The smallest absolute Gasteiger partial charge is 0.242 e. The van der Waals surface area contributed by atoms with E-state index < -0.39 is 15.6 Å². The number of sulfonamides is 1. The summed E-state index contributed by atoms with van der Waals surface area (Å²) in [4.78, 5) is 0.318. The van der Waals surface area contributed by atoms with E-state index in [9.17, 15) is 8.42 Å². The third kappa shape index (κ3) is 3.41. The van der Waals surface area contributed by atoms with Crippen LogP contribution in [-0.4, -0.2) is 38.8 Å². The first-order valence-electron chi connectivity index (χ1n) is 6.78. The van der Waals surface area contributed by atoms with Crippen molar-refractivity contribution in [1.82, 2.24) is 14.6 Å². The summed E-state index contributed by atoms with van der Waals surface area (Å²) < 4.78 is 34.9. The average Bonchev–Trinajstić information content (AvgIpc) is 2.72. The Balaban J connectivity index is 2.19. The largest absolute Gasteiger partial charge is 0.381 e. The van der Waals surface area contributed by atoms with Gasteiger partial charge in [-0.15, -0.1) is 0 Å². The van der Waals surface area contributed by atoms with Crippen molar-refractivity contribution >= 4 is 10.0 Å². The Morgan fingerprint density at radius 1 is 1.40 bits per heavy atom. The van der Waals surface area contributed by atoms with Crippen LogP contribution in [0.25, 0.3) is 0 Å². The molecule has 7 heteroatoms. The molecule has 2 N–H and O–H groups in total. The van der Waals surface area contributed by atoms with Crippen molar-refractivity contribution in [2.75, 3.05) is 20.3 Å². The molecule has 0 amide bonds. The van der Waals surface area contributed by atoms with Crippen molar-refractivity contribution in [3.63, 3.8) is 0 Å². The third-order valence-corrected chi connectivity index (χ3v) is 5.33. The molecule has 20 heavy (non-hydrogen) atoms. The number of ether oxygens (including phenoxy) is 1. The SMILES string of the molecule is CNCc1cc(S(=O)(=O)NC2(C)CCOCC2)cn1C. The van der Waals surface area contributed by atoms with E-state index in [0.29, 0.717) is 37.5 Å². The van der Waals surface area contributed by atoms with E-state index in [1.54, 1.807) is 12.3 Å². The molecule has 2 heterocycles. The average molecular weight is 301 g/mol. The molecule has 6 nitrogen and oxygen atoms in total. The van der Waals surface area contributed by atoms with Crippen LogP contribution >= 0.6 is 0 Å². The molecular formula is C13H23N3O3S. The highest BCUT2D eigenvalue weighted by atomic mass is 32.2. The zero-order valence-electron chi connectivity index (χ0n) is 12.3. The van der Waals surface area contributed by atoms with Crippen LogP contribution in [-0.2, 0) is 28.4 Å². The first kappa shape index (κ1) is 15.5. The maximum Gasteiger partial charge on any atom is 0.242 e. The third-order valence-electron chi connectivity index (χ3n) is 3.73. The molecule has 0 atom stereocenters. The molecule has 1 aliphatic rings. The standard InChI is InChI=1S/C13H23N3O3S/c1-13(4-6-19-7-5-13)15-20(17,18)12-8-11(9-14-2)16(3)10-12/h8,10,14-15H,4-7,9H2,1-3H3. The van der Waals surface area contributed by atoms with Gasteiger partial charge in [-0.3, -0.25) is 0 Å². The summed E-state index contributed by atoms with van der Waals surface area (Å²) in [6.45, 7) is 3.76. The van der Waals surface area contributed by atoms with Gasteiger partial charge in [0.15, 0.2) is 0 Å². The normalized spacial score (nSPS) is 19.1. The van der Waals surface area contributed by atoms with Gasteiger partial charge in [-0.05, 0) is 32.9 Å². The minimum absolute atomic E-state index is 0.318. The maximum atomic E-state index is 12.5. The number of hydrogen-bond acceptors (Lipinski definition) is 4. The van der Waals surface area contributed by atoms with E-state index in [2.05, 4.69) is 10.0 Å². The van der Waals surface area contributed by atoms with Gasteiger partial charge in [0, 0.05) is 44.2 Å². The second-order valence-electron chi connectivity index (χ2n) is 5.59. The van der Waals surface area contributed by atoms with E-state index in [0.717, 1.165) is 5.69 Å². The summed E-state index contributed by atoms with van der Waals surface area (Å²) in [5.41, 5.74) is 0.515. The lowest BCUT2D eigenvalue weighted by molar-refractivity contribution is 0.0537. The van der Waals surface area contributed by atoms with E-state index in [-0.39, 0.29) is 0 Å². The van der Waals surface area contributed by atoms with Gasteiger partial charge in [-0.1, -0.05) is 0 Å². The Hall–Kier alpha value is -0.890. The van der Waals surface area contributed by atoms with Gasteiger partial charge in [-0.25, -0.2) is 13.1 Å². The maximum absolute atomic E-state index is 12.5. The van der Waals surface area contributed by atoms with Crippen LogP contribution in [0.5, 0.6) is 0 Å². The fraction of sp³-hybridized carbons (Fsp3) is 0.692. The van der Waals surface area contributed by atoms with Gasteiger partial charge in [-0.2, -0.15) is 0 Å². The molecule has 2 rings (SSSR count). The van der Waals surface area contributed by atoms with Crippen LogP contribution in [0.1, 0.15) is 25.5 Å². The Morgan fingerprint density at radius 2 is 2.05 bits per heavy atom. The van der Waals surface area contributed by atoms with Gasteiger partial charge < -0.3 is 14.6 Å². The summed E-state index contributed by atoms with van der Waals surface area (Å²) in [6, 6.07) is 1.71. The van der Waals surface area contributed by atoms with Crippen LogP contribution in [0.3, 0.4) is 0 Å². The molecule has 0 radical (unpaired) electrons. The predicted octanol–water partition coefficient (Wildman–Crippen LogP) is 0.592. The van der Waals surface area contributed by atoms with Crippen LogP contribution in [0.2, 0.25) is 0 Å². The van der Waals surface area contributed by atoms with Crippen LogP contribution in [0, 0.1) is 0 Å². The zero-order chi connectivity index (χ0) is 14.8. The first-order chi connectivity index (χ1) is 9.36. The molecule has 0 aliphatic carbocycles. The Bertz CT molecular complexity index is 559. The van der Waals surface area contributed by atoms with Gasteiger partial charge >= 0.3 is 0 Å². The molecule has 0 spiro atoms. The van der Waals surface area contributed by atoms with Crippen molar-refractivity contribution in [3.05, 3.63) is 18.0 Å². The van der Waals surface area contributed by atoms with Gasteiger partial charge in [0.25, 0.3) is 0 Å². The summed E-state index contributed by atoms with van der Waals surface area (Å²) in [5, 5.41) is 3.03. The van der Waals surface area contributed by atoms with E-state index in [4.69, 9.17) is 4.74 Å². The second kappa shape index (κ2) is 5.85. The minimum Gasteiger partial charge on any atom is -0.381 e. The van der Waals surface area contributed by atoms with Crippen molar-refractivity contribution in [1.29, 1.82) is 0 Å². The summed E-state index contributed by atoms with van der Waals surface area (Å²) in [6.07, 6.45) is 3.04. The Kier molecular flexibility index (Phi) is 4.53. The lowest BCUT2D eigenvalue weighted by Crippen LogP contribution is -2.49. The van der Waals surface area contributed by atoms with Crippen molar-refractivity contribution in [2.45, 2.75) is 36.7 Å². The number of nitrogens with one attached hydrogen (secondary N) is 2. The fourth-order valence-corrected chi connectivity index (χ4v) is 3.95. The molecule has 0 bridgehead atoms. The van der Waals surface area contributed by atoms with Gasteiger partial charge in [0.2, 0.25) is 10.0 Å². The minimum atomic E-state index is -3.49. The molecule has 1 saturated heterocycles. The zero-order valence-corrected chi connectivity index (χ0v) is 13.1.